The van der Waals surface area contributed by atoms with Crippen molar-refractivity contribution in [2.75, 3.05) is 13.2 Å². The number of aliphatic hydroxyl groups is 1. The van der Waals surface area contributed by atoms with Gasteiger partial charge in [-0.25, -0.2) is 4.39 Å². The Hall–Kier alpha value is -1.14. The van der Waals surface area contributed by atoms with Crippen LogP contribution in [0.15, 0.2) is 18.2 Å². The maximum atomic E-state index is 13.3. The van der Waals surface area contributed by atoms with Crippen LogP contribution < -0.4 is 0 Å². The van der Waals surface area contributed by atoms with Gasteiger partial charge in [0, 0.05) is 5.56 Å². The summed E-state index contributed by atoms with van der Waals surface area (Å²) in [5, 5.41) is 9.72. The summed E-state index contributed by atoms with van der Waals surface area (Å²) in [5.74, 6) is -0.862. The molecular formula is C10H8F4O2. The van der Waals surface area contributed by atoms with Gasteiger partial charge in [0.1, 0.15) is 11.4 Å². The molecule has 1 aromatic rings. The van der Waals surface area contributed by atoms with E-state index < -0.39 is 23.2 Å². The molecular weight excluding hydrogens is 228 g/mol. The van der Waals surface area contributed by atoms with Crippen molar-refractivity contribution in [3.63, 3.8) is 0 Å². The average molecular weight is 236 g/mol. The number of benzene rings is 1. The smallest absolute Gasteiger partial charge is 0.380 e. The molecule has 1 heterocycles. The lowest BCUT2D eigenvalue weighted by Crippen LogP contribution is -2.47. The van der Waals surface area contributed by atoms with Gasteiger partial charge in [0.15, 0.2) is 0 Å². The third-order valence-corrected chi connectivity index (χ3v) is 2.48. The van der Waals surface area contributed by atoms with E-state index in [0.717, 1.165) is 0 Å². The monoisotopic (exact) mass is 236 g/mol. The normalized spacial score (nSPS) is 19.3. The quantitative estimate of drug-likeness (QED) is 0.756. The zero-order chi connectivity index (χ0) is 12.0. The van der Waals surface area contributed by atoms with E-state index in [2.05, 4.69) is 4.74 Å². The van der Waals surface area contributed by atoms with Gasteiger partial charge in [-0.3, -0.25) is 0 Å². The van der Waals surface area contributed by atoms with Crippen molar-refractivity contribution in [3.8, 4) is 0 Å². The van der Waals surface area contributed by atoms with Gasteiger partial charge in [-0.05, 0) is 18.2 Å². The highest BCUT2D eigenvalue weighted by atomic mass is 19.4. The molecule has 0 unspecified atom stereocenters. The first-order chi connectivity index (χ1) is 7.33. The van der Waals surface area contributed by atoms with Gasteiger partial charge in [0.05, 0.1) is 18.8 Å². The zero-order valence-corrected chi connectivity index (χ0v) is 8.01. The summed E-state index contributed by atoms with van der Waals surface area (Å²) in [7, 11) is 0. The summed E-state index contributed by atoms with van der Waals surface area (Å²) >= 11 is 0. The summed E-state index contributed by atoms with van der Waals surface area (Å²) in [6.07, 6.45) is -4.55. The van der Waals surface area contributed by atoms with Crippen LogP contribution in [-0.2, 0) is 16.5 Å². The van der Waals surface area contributed by atoms with E-state index in [1.807, 2.05) is 0 Å². The SMILES string of the molecule is OC1(c2cc(C(F)(F)F)ccc2F)COC1. The van der Waals surface area contributed by atoms with Crippen molar-refractivity contribution >= 4 is 0 Å². The fourth-order valence-electron chi connectivity index (χ4n) is 1.51. The maximum absolute atomic E-state index is 13.3. The van der Waals surface area contributed by atoms with E-state index in [-0.39, 0.29) is 18.8 Å². The minimum Gasteiger partial charge on any atom is -0.380 e. The van der Waals surface area contributed by atoms with Gasteiger partial charge in [-0.2, -0.15) is 13.2 Å². The van der Waals surface area contributed by atoms with Crippen LogP contribution in [0, 0.1) is 5.82 Å². The highest BCUT2D eigenvalue weighted by Gasteiger charge is 2.42. The first-order valence-corrected chi connectivity index (χ1v) is 4.50. The van der Waals surface area contributed by atoms with E-state index in [1.54, 1.807) is 0 Å². The van der Waals surface area contributed by atoms with Crippen molar-refractivity contribution < 1.29 is 27.4 Å². The van der Waals surface area contributed by atoms with E-state index in [9.17, 15) is 22.7 Å². The molecule has 6 heteroatoms. The van der Waals surface area contributed by atoms with Crippen LogP contribution in [0.3, 0.4) is 0 Å². The summed E-state index contributed by atoms with van der Waals surface area (Å²) < 4.78 is 55.1. The van der Waals surface area contributed by atoms with Gasteiger partial charge < -0.3 is 9.84 Å². The van der Waals surface area contributed by atoms with Crippen LogP contribution in [-0.4, -0.2) is 18.3 Å². The van der Waals surface area contributed by atoms with E-state index in [1.165, 1.54) is 0 Å². The van der Waals surface area contributed by atoms with Crippen LogP contribution in [0.5, 0.6) is 0 Å². The Bertz CT molecular complexity index is 410. The molecule has 1 fully saturated rings. The van der Waals surface area contributed by atoms with E-state index >= 15 is 0 Å². The van der Waals surface area contributed by atoms with Gasteiger partial charge in [-0.1, -0.05) is 0 Å². The Kier molecular flexibility index (Phi) is 2.43. The van der Waals surface area contributed by atoms with Gasteiger partial charge in [-0.15, -0.1) is 0 Å². The molecule has 1 aromatic carbocycles. The molecule has 88 valence electrons. The lowest BCUT2D eigenvalue weighted by molar-refractivity contribution is -0.186. The first-order valence-electron chi connectivity index (χ1n) is 4.50. The molecule has 1 aliphatic rings. The van der Waals surface area contributed by atoms with Gasteiger partial charge in [0.25, 0.3) is 0 Å². The van der Waals surface area contributed by atoms with E-state index in [4.69, 9.17) is 0 Å². The lowest BCUT2D eigenvalue weighted by Gasteiger charge is -2.37. The molecule has 2 nitrogen and oxygen atoms in total. The summed E-state index contributed by atoms with van der Waals surface area (Å²) in [5.41, 5.74) is -2.98. The Morgan fingerprint density at radius 3 is 2.31 bits per heavy atom. The molecule has 2 rings (SSSR count). The minimum atomic E-state index is -4.55. The second-order valence-corrected chi connectivity index (χ2v) is 3.72. The molecule has 1 aliphatic heterocycles. The predicted molar refractivity (Wildman–Crippen MR) is 46.1 cm³/mol. The third-order valence-electron chi connectivity index (χ3n) is 2.48. The van der Waals surface area contributed by atoms with Crippen LogP contribution >= 0.6 is 0 Å². The molecule has 1 N–H and O–H groups in total. The molecule has 0 bridgehead atoms. The second-order valence-electron chi connectivity index (χ2n) is 3.72. The second kappa shape index (κ2) is 3.43. The van der Waals surface area contributed by atoms with Crippen LogP contribution in [0.1, 0.15) is 11.1 Å². The van der Waals surface area contributed by atoms with Gasteiger partial charge in [0.2, 0.25) is 0 Å². The maximum Gasteiger partial charge on any atom is 0.416 e. The summed E-state index contributed by atoms with van der Waals surface area (Å²) in [4.78, 5) is 0. The summed E-state index contributed by atoms with van der Waals surface area (Å²) in [6.45, 7) is -0.379. The zero-order valence-electron chi connectivity index (χ0n) is 8.01. The van der Waals surface area contributed by atoms with Crippen molar-refractivity contribution in [2.24, 2.45) is 0 Å². The van der Waals surface area contributed by atoms with Crippen LogP contribution in [0.2, 0.25) is 0 Å². The number of ether oxygens (including phenoxy) is 1. The van der Waals surface area contributed by atoms with Crippen molar-refractivity contribution in [1.29, 1.82) is 0 Å². The van der Waals surface area contributed by atoms with Gasteiger partial charge >= 0.3 is 6.18 Å². The topological polar surface area (TPSA) is 29.5 Å². The molecule has 0 spiro atoms. The lowest BCUT2D eigenvalue weighted by atomic mass is 9.90. The highest BCUT2D eigenvalue weighted by Crippen LogP contribution is 2.36. The number of hydrogen-bond donors (Lipinski definition) is 1. The molecule has 0 aromatic heterocycles. The Labute approximate surface area is 88.5 Å². The Balaban J connectivity index is 2.45. The average Bonchev–Trinajstić information content (AvgIpc) is 2.13. The predicted octanol–water partition coefficient (Wildman–Crippen LogP) is 2.06. The fourth-order valence-corrected chi connectivity index (χ4v) is 1.51. The molecule has 0 amide bonds. The number of halogens is 4. The molecule has 1 saturated heterocycles. The van der Waals surface area contributed by atoms with E-state index in [0.29, 0.717) is 18.2 Å². The minimum absolute atomic E-state index is 0.189. The highest BCUT2D eigenvalue weighted by molar-refractivity contribution is 5.32. The fraction of sp³-hybridized carbons (Fsp3) is 0.400. The van der Waals surface area contributed by atoms with Crippen molar-refractivity contribution in [2.45, 2.75) is 11.8 Å². The molecule has 0 atom stereocenters. The third kappa shape index (κ3) is 1.78. The number of hydrogen-bond acceptors (Lipinski definition) is 2. The van der Waals surface area contributed by atoms with Crippen LogP contribution in [0.4, 0.5) is 17.6 Å². The number of rotatable bonds is 1. The summed E-state index contributed by atoms with van der Waals surface area (Å²) in [6, 6.07) is 1.97. The van der Waals surface area contributed by atoms with Crippen molar-refractivity contribution in [3.05, 3.63) is 35.1 Å². The molecule has 0 saturated carbocycles. The standard InChI is InChI=1S/C10H8F4O2/c11-8-2-1-6(10(12,13)14)3-7(8)9(15)4-16-5-9/h1-3,15H,4-5H2. The largest absolute Gasteiger partial charge is 0.416 e. The van der Waals surface area contributed by atoms with Crippen LogP contribution in [0.25, 0.3) is 0 Å². The molecule has 0 aliphatic carbocycles. The molecule has 16 heavy (non-hydrogen) atoms. The van der Waals surface area contributed by atoms with Crippen molar-refractivity contribution in [1.82, 2.24) is 0 Å². The Morgan fingerprint density at radius 2 is 1.88 bits per heavy atom. The Morgan fingerprint density at radius 1 is 1.25 bits per heavy atom. The first kappa shape index (κ1) is 11.3. The number of alkyl halides is 3. The molecule has 0 radical (unpaired) electrons.